The van der Waals surface area contributed by atoms with E-state index in [4.69, 9.17) is 4.42 Å². The molecule has 0 bridgehead atoms. The molecule has 34 heavy (non-hydrogen) atoms. The highest BCUT2D eigenvalue weighted by Crippen LogP contribution is 2.28. The minimum atomic E-state index is -0.388. The summed E-state index contributed by atoms with van der Waals surface area (Å²) in [6.45, 7) is 0.972. The zero-order valence-electron chi connectivity index (χ0n) is 18.3. The fourth-order valence-electron chi connectivity index (χ4n) is 4.65. The number of carbonyl (C=O) groups is 1. The number of nitrogens with one attached hydrogen (secondary N) is 2. The number of aromatic amines is 1. The number of carbonyl (C=O) groups excluding carboxylic acids is 1. The lowest BCUT2D eigenvalue weighted by atomic mass is 10.1. The highest BCUT2D eigenvalue weighted by atomic mass is 19.1. The quantitative estimate of drug-likeness (QED) is 0.472. The fourth-order valence-corrected chi connectivity index (χ4v) is 4.65. The molecule has 1 aliphatic heterocycles. The second-order valence-corrected chi connectivity index (χ2v) is 8.69. The minimum Gasteiger partial charge on any atom is -0.420 e. The van der Waals surface area contributed by atoms with E-state index >= 15 is 0 Å². The molecule has 2 aliphatic rings. The Hall–Kier alpha value is -4.08. The maximum Gasteiger partial charge on any atom is 0.247 e. The Balaban J connectivity index is 1.10. The number of halogens is 1. The van der Waals surface area contributed by atoms with Crippen LogP contribution in [0.3, 0.4) is 0 Å². The van der Waals surface area contributed by atoms with Crippen LogP contribution in [0, 0.1) is 5.82 Å². The summed E-state index contributed by atoms with van der Waals surface area (Å²) in [7, 11) is 0. The Labute approximate surface area is 194 Å². The molecule has 9 nitrogen and oxygen atoms in total. The molecule has 4 aromatic rings. The van der Waals surface area contributed by atoms with Gasteiger partial charge in [0.15, 0.2) is 0 Å². The SMILES string of the molecule is O=C(Cc1nnc(-c2ccc(NC3Cc4ccccc4C3)c(F)c2)o1)N1CCc2[nH]nnc2C1. The first-order chi connectivity index (χ1) is 16.6. The van der Waals surface area contributed by atoms with Crippen molar-refractivity contribution in [3.05, 3.63) is 76.7 Å². The molecule has 2 aromatic heterocycles. The van der Waals surface area contributed by atoms with Crippen LogP contribution in [0.5, 0.6) is 0 Å². The number of amides is 1. The molecule has 0 radical (unpaired) electrons. The van der Waals surface area contributed by atoms with Gasteiger partial charge in [0, 0.05) is 24.6 Å². The maximum absolute atomic E-state index is 14.8. The van der Waals surface area contributed by atoms with Gasteiger partial charge in [0.25, 0.3) is 0 Å². The van der Waals surface area contributed by atoms with Crippen LogP contribution in [0.25, 0.3) is 11.5 Å². The summed E-state index contributed by atoms with van der Waals surface area (Å²) in [5, 5.41) is 21.9. The summed E-state index contributed by atoms with van der Waals surface area (Å²) in [4.78, 5) is 14.4. The van der Waals surface area contributed by atoms with Crippen molar-refractivity contribution in [2.24, 2.45) is 0 Å². The lowest BCUT2D eigenvalue weighted by Gasteiger charge is -2.25. The summed E-state index contributed by atoms with van der Waals surface area (Å²) in [6.07, 6.45) is 2.39. The third kappa shape index (κ3) is 3.91. The van der Waals surface area contributed by atoms with Gasteiger partial charge in [-0.05, 0) is 42.2 Å². The molecule has 172 valence electrons. The van der Waals surface area contributed by atoms with Gasteiger partial charge in [0.1, 0.15) is 17.9 Å². The third-order valence-electron chi connectivity index (χ3n) is 6.43. The van der Waals surface area contributed by atoms with Gasteiger partial charge in [-0.3, -0.25) is 9.89 Å². The molecular weight excluding hydrogens is 437 g/mol. The number of benzene rings is 2. The number of anilines is 1. The lowest BCUT2D eigenvalue weighted by Crippen LogP contribution is -2.37. The Morgan fingerprint density at radius 2 is 1.97 bits per heavy atom. The number of hydrogen-bond donors (Lipinski definition) is 2. The van der Waals surface area contributed by atoms with Crippen molar-refractivity contribution in [3.8, 4) is 11.5 Å². The molecule has 10 heteroatoms. The first kappa shape index (κ1) is 20.5. The third-order valence-corrected chi connectivity index (χ3v) is 6.43. The van der Waals surface area contributed by atoms with Crippen molar-refractivity contribution < 1.29 is 13.6 Å². The zero-order chi connectivity index (χ0) is 23.1. The van der Waals surface area contributed by atoms with Crippen LogP contribution < -0.4 is 5.32 Å². The molecule has 0 spiro atoms. The Kier molecular flexibility index (Phi) is 5.05. The summed E-state index contributed by atoms with van der Waals surface area (Å²) in [5.74, 6) is -0.149. The van der Waals surface area contributed by atoms with Crippen molar-refractivity contribution in [2.75, 3.05) is 11.9 Å². The highest BCUT2D eigenvalue weighted by molar-refractivity contribution is 5.78. The molecule has 3 heterocycles. The smallest absolute Gasteiger partial charge is 0.247 e. The van der Waals surface area contributed by atoms with Crippen molar-refractivity contribution in [1.82, 2.24) is 30.5 Å². The molecular formula is C24H22FN7O2. The average Bonchev–Trinajstić information content (AvgIpc) is 3.59. The fraction of sp³-hybridized carbons (Fsp3) is 0.292. The van der Waals surface area contributed by atoms with Gasteiger partial charge in [-0.1, -0.05) is 29.5 Å². The predicted molar refractivity (Wildman–Crippen MR) is 120 cm³/mol. The Morgan fingerprint density at radius 3 is 2.76 bits per heavy atom. The Morgan fingerprint density at radius 1 is 1.15 bits per heavy atom. The highest BCUT2D eigenvalue weighted by Gasteiger charge is 2.25. The van der Waals surface area contributed by atoms with Crippen LogP contribution in [-0.2, 0) is 37.0 Å². The van der Waals surface area contributed by atoms with Crippen LogP contribution in [0.4, 0.5) is 10.1 Å². The normalized spacial score (nSPS) is 15.3. The van der Waals surface area contributed by atoms with E-state index in [0.717, 1.165) is 24.2 Å². The molecule has 0 unspecified atom stereocenters. The van der Waals surface area contributed by atoms with Gasteiger partial charge < -0.3 is 14.6 Å². The number of aromatic nitrogens is 5. The van der Waals surface area contributed by atoms with E-state index in [9.17, 15) is 9.18 Å². The molecule has 0 saturated carbocycles. The van der Waals surface area contributed by atoms with Gasteiger partial charge in [-0.2, -0.15) is 0 Å². The van der Waals surface area contributed by atoms with Crippen LogP contribution in [0.15, 0.2) is 46.9 Å². The maximum atomic E-state index is 14.8. The van der Waals surface area contributed by atoms with Crippen molar-refractivity contribution >= 4 is 11.6 Å². The monoisotopic (exact) mass is 459 g/mol. The van der Waals surface area contributed by atoms with Gasteiger partial charge in [-0.25, -0.2) is 4.39 Å². The summed E-state index contributed by atoms with van der Waals surface area (Å²) in [6, 6.07) is 13.2. The summed E-state index contributed by atoms with van der Waals surface area (Å²) >= 11 is 0. The number of rotatable bonds is 5. The largest absolute Gasteiger partial charge is 0.420 e. The van der Waals surface area contributed by atoms with Gasteiger partial charge in [0.05, 0.1) is 17.9 Å². The Bertz CT molecular complexity index is 1340. The topological polar surface area (TPSA) is 113 Å². The molecule has 0 atom stereocenters. The lowest BCUT2D eigenvalue weighted by molar-refractivity contribution is -0.131. The van der Waals surface area contributed by atoms with Crippen molar-refractivity contribution in [2.45, 2.75) is 38.3 Å². The van der Waals surface area contributed by atoms with E-state index in [1.54, 1.807) is 17.0 Å². The number of hydrogen-bond acceptors (Lipinski definition) is 7. The van der Waals surface area contributed by atoms with E-state index in [2.05, 4.69) is 43.1 Å². The van der Waals surface area contributed by atoms with Crippen molar-refractivity contribution in [1.29, 1.82) is 0 Å². The molecule has 1 aliphatic carbocycles. The first-order valence-electron chi connectivity index (χ1n) is 11.2. The van der Waals surface area contributed by atoms with E-state index in [0.29, 0.717) is 30.8 Å². The number of H-pyrrole nitrogens is 1. The first-order valence-corrected chi connectivity index (χ1v) is 11.2. The van der Waals surface area contributed by atoms with Crippen LogP contribution in [-0.4, -0.2) is 49.0 Å². The average molecular weight is 459 g/mol. The van der Waals surface area contributed by atoms with E-state index in [1.807, 2.05) is 12.1 Å². The number of nitrogens with zero attached hydrogens (tertiary/aromatic N) is 5. The standard InChI is InChI=1S/C24H22FN7O2/c25-18-11-16(5-6-19(18)26-17-9-14-3-1-2-4-15(14)10-17)24-30-29-22(34-24)12-23(33)32-8-7-20-21(13-32)28-31-27-20/h1-6,11,17,26H,7-10,12-13H2,(H,27,28,31). The van der Waals surface area contributed by atoms with Crippen LogP contribution in [0.1, 0.15) is 28.4 Å². The molecule has 6 rings (SSSR count). The van der Waals surface area contributed by atoms with E-state index in [-0.39, 0.29) is 36.0 Å². The zero-order valence-corrected chi connectivity index (χ0v) is 18.3. The minimum absolute atomic E-state index is 0.0233. The van der Waals surface area contributed by atoms with Gasteiger partial charge in [-0.15, -0.1) is 15.3 Å². The summed E-state index contributed by atoms with van der Waals surface area (Å²) in [5.41, 5.74) is 5.24. The predicted octanol–water partition coefficient (Wildman–Crippen LogP) is 2.70. The number of fused-ring (bicyclic) bond motifs is 2. The molecule has 0 saturated heterocycles. The van der Waals surface area contributed by atoms with Crippen LogP contribution >= 0.6 is 0 Å². The second-order valence-electron chi connectivity index (χ2n) is 8.69. The molecule has 0 fully saturated rings. The molecule has 2 N–H and O–H groups in total. The van der Waals surface area contributed by atoms with Gasteiger partial charge in [0.2, 0.25) is 17.7 Å². The molecule has 1 amide bonds. The van der Waals surface area contributed by atoms with E-state index < -0.39 is 0 Å². The summed E-state index contributed by atoms with van der Waals surface area (Å²) < 4.78 is 20.5. The van der Waals surface area contributed by atoms with Gasteiger partial charge >= 0.3 is 0 Å². The molecule has 2 aromatic carbocycles. The van der Waals surface area contributed by atoms with Crippen molar-refractivity contribution in [3.63, 3.8) is 0 Å². The van der Waals surface area contributed by atoms with E-state index in [1.165, 1.54) is 17.2 Å². The van der Waals surface area contributed by atoms with Crippen LogP contribution in [0.2, 0.25) is 0 Å². The second kappa shape index (κ2) is 8.36.